The summed E-state index contributed by atoms with van der Waals surface area (Å²) in [4.78, 5) is 11.8. The molecule has 0 amide bonds. The molecule has 18 heavy (non-hydrogen) atoms. The van der Waals surface area contributed by atoms with Crippen LogP contribution in [0.2, 0.25) is 0 Å². The summed E-state index contributed by atoms with van der Waals surface area (Å²) >= 11 is 0. The third kappa shape index (κ3) is 2.95. The maximum Gasteiger partial charge on any atom is 0.159 e. The number of hydrogen-bond acceptors (Lipinski definition) is 1. The lowest BCUT2D eigenvalue weighted by Crippen LogP contribution is -2.26. The van der Waals surface area contributed by atoms with Gasteiger partial charge in [0.05, 0.1) is 0 Å². The average molecular weight is 252 g/mol. The van der Waals surface area contributed by atoms with E-state index in [1.165, 1.54) is 6.07 Å². The zero-order valence-corrected chi connectivity index (χ0v) is 10.6. The van der Waals surface area contributed by atoms with Gasteiger partial charge in [0.2, 0.25) is 0 Å². The van der Waals surface area contributed by atoms with Gasteiger partial charge in [0.15, 0.2) is 11.6 Å². The number of carbonyl (C=O) groups is 1. The minimum absolute atomic E-state index is 0.0199. The topological polar surface area (TPSA) is 17.1 Å². The lowest BCUT2D eigenvalue weighted by molar-refractivity contribution is -0.125. The van der Waals surface area contributed by atoms with Crippen molar-refractivity contribution in [3.8, 4) is 0 Å². The van der Waals surface area contributed by atoms with Crippen molar-refractivity contribution in [3.63, 3.8) is 0 Å². The van der Waals surface area contributed by atoms with E-state index < -0.39 is 11.6 Å². The number of ketones is 1. The molecule has 0 aliphatic heterocycles. The van der Waals surface area contributed by atoms with E-state index in [2.05, 4.69) is 6.92 Å². The van der Waals surface area contributed by atoms with Gasteiger partial charge in [-0.3, -0.25) is 4.79 Å². The van der Waals surface area contributed by atoms with Crippen LogP contribution in [0.5, 0.6) is 0 Å². The highest BCUT2D eigenvalue weighted by molar-refractivity contribution is 5.82. The molecule has 1 aliphatic carbocycles. The number of rotatable bonds is 3. The molecule has 0 spiro atoms. The van der Waals surface area contributed by atoms with Gasteiger partial charge in [-0.25, -0.2) is 8.78 Å². The lowest BCUT2D eigenvalue weighted by Gasteiger charge is -2.27. The Labute approximate surface area is 106 Å². The molecule has 2 unspecified atom stereocenters. The number of halogens is 2. The highest BCUT2D eigenvalue weighted by atomic mass is 19.2. The molecule has 0 heterocycles. The molecule has 1 aromatic carbocycles. The average Bonchev–Trinajstić information content (AvgIpc) is 2.36. The summed E-state index contributed by atoms with van der Waals surface area (Å²) in [7, 11) is 0. The van der Waals surface area contributed by atoms with Crippen LogP contribution in [0.25, 0.3) is 0 Å². The second kappa shape index (κ2) is 5.59. The van der Waals surface area contributed by atoms with Crippen molar-refractivity contribution in [3.05, 3.63) is 35.4 Å². The van der Waals surface area contributed by atoms with E-state index in [9.17, 15) is 13.6 Å². The van der Waals surface area contributed by atoms with Crippen molar-refractivity contribution in [2.75, 3.05) is 0 Å². The normalized spacial score (nSPS) is 24.3. The van der Waals surface area contributed by atoms with E-state index >= 15 is 0 Å². The molecule has 0 N–H and O–H groups in total. The molecule has 0 saturated heterocycles. The lowest BCUT2D eigenvalue weighted by atomic mass is 9.77. The zero-order valence-electron chi connectivity index (χ0n) is 10.6. The van der Waals surface area contributed by atoms with E-state index in [-0.39, 0.29) is 11.7 Å². The Morgan fingerprint density at radius 1 is 1.28 bits per heavy atom. The fourth-order valence-electron chi connectivity index (χ4n) is 2.72. The fourth-order valence-corrected chi connectivity index (χ4v) is 2.72. The van der Waals surface area contributed by atoms with Gasteiger partial charge < -0.3 is 0 Å². The summed E-state index contributed by atoms with van der Waals surface area (Å²) in [5.41, 5.74) is 0.712. The largest absolute Gasteiger partial charge is 0.299 e. The van der Waals surface area contributed by atoms with Crippen LogP contribution in [0.15, 0.2) is 18.2 Å². The molecule has 2 rings (SSSR count). The SMILES string of the molecule is CCC1CCC(=O)C(Cc2ccc(F)c(F)c2)C1. The van der Waals surface area contributed by atoms with E-state index in [0.29, 0.717) is 24.3 Å². The predicted octanol–water partition coefficient (Wildman–Crippen LogP) is 3.90. The Balaban J connectivity index is 2.07. The third-order valence-corrected chi connectivity index (χ3v) is 3.92. The minimum atomic E-state index is -0.833. The number of benzene rings is 1. The molecule has 2 atom stereocenters. The Bertz CT molecular complexity index is 442. The first-order valence-electron chi connectivity index (χ1n) is 6.56. The van der Waals surface area contributed by atoms with Gasteiger partial charge in [-0.15, -0.1) is 0 Å². The molecule has 1 fully saturated rings. The fraction of sp³-hybridized carbons (Fsp3) is 0.533. The van der Waals surface area contributed by atoms with Crippen LogP contribution in [0.3, 0.4) is 0 Å². The maximum atomic E-state index is 13.1. The first-order chi connectivity index (χ1) is 8.60. The van der Waals surface area contributed by atoms with Crippen LogP contribution in [0.1, 0.15) is 38.2 Å². The van der Waals surface area contributed by atoms with Crippen LogP contribution in [0, 0.1) is 23.5 Å². The Morgan fingerprint density at radius 2 is 2.06 bits per heavy atom. The summed E-state index contributed by atoms with van der Waals surface area (Å²) in [6, 6.07) is 3.91. The molecular weight excluding hydrogens is 234 g/mol. The van der Waals surface area contributed by atoms with Gasteiger partial charge in [0.1, 0.15) is 5.78 Å². The Hall–Kier alpha value is -1.25. The Kier molecular flexibility index (Phi) is 4.10. The first-order valence-corrected chi connectivity index (χ1v) is 6.56. The summed E-state index contributed by atoms with van der Waals surface area (Å²) in [6.45, 7) is 2.13. The van der Waals surface area contributed by atoms with Crippen LogP contribution < -0.4 is 0 Å². The maximum absolute atomic E-state index is 13.1. The zero-order chi connectivity index (χ0) is 13.1. The van der Waals surface area contributed by atoms with Crippen molar-refractivity contribution in [1.29, 1.82) is 0 Å². The van der Waals surface area contributed by atoms with E-state index in [1.807, 2.05) is 0 Å². The summed E-state index contributed by atoms with van der Waals surface area (Å²) in [5.74, 6) is -0.820. The van der Waals surface area contributed by atoms with Gasteiger partial charge in [-0.2, -0.15) is 0 Å². The molecule has 98 valence electrons. The smallest absolute Gasteiger partial charge is 0.159 e. The van der Waals surface area contributed by atoms with Crippen LogP contribution >= 0.6 is 0 Å². The monoisotopic (exact) mass is 252 g/mol. The van der Waals surface area contributed by atoms with Gasteiger partial charge in [-0.05, 0) is 42.9 Å². The Morgan fingerprint density at radius 3 is 2.72 bits per heavy atom. The molecule has 1 saturated carbocycles. The summed E-state index contributed by atoms with van der Waals surface area (Å²) in [6.07, 6.45) is 4.11. The molecule has 0 radical (unpaired) electrons. The van der Waals surface area contributed by atoms with E-state index in [0.717, 1.165) is 25.3 Å². The highest BCUT2D eigenvalue weighted by Gasteiger charge is 2.27. The van der Waals surface area contributed by atoms with Crippen LogP contribution in [-0.4, -0.2) is 5.78 Å². The third-order valence-electron chi connectivity index (χ3n) is 3.92. The van der Waals surface area contributed by atoms with Crippen molar-refractivity contribution in [2.45, 2.75) is 39.0 Å². The number of hydrogen-bond donors (Lipinski definition) is 0. The molecule has 1 aliphatic rings. The number of Topliss-reactive ketones (excluding diaryl/α,β-unsaturated/α-hetero) is 1. The van der Waals surface area contributed by atoms with Crippen molar-refractivity contribution >= 4 is 5.78 Å². The van der Waals surface area contributed by atoms with Crippen molar-refractivity contribution in [1.82, 2.24) is 0 Å². The van der Waals surface area contributed by atoms with E-state index in [1.54, 1.807) is 6.07 Å². The van der Waals surface area contributed by atoms with Crippen molar-refractivity contribution in [2.24, 2.45) is 11.8 Å². The predicted molar refractivity (Wildman–Crippen MR) is 66.2 cm³/mol. The van der Waals surface area contributed by atoms with Gasteiger partial charge in [0.25, 0.3) is 0 Å². The van der Waals surface area contributed by atoms with Crippen molar-refractivity contribution < 1.29 is 13.6 Å². The summed E-state index contributed by atoms with van der Waals surface area (Å²) in [5, 5.41) is 0. The summed E-state index contributed by atoms with van der Waals surface area (Å²) < 4.78 is 25.9. The molecular formula is C15H18F2O. The molecule has 1 aromatic rings. The molecule has 0 bridgehead atoms. The van der Waals surface area contributed by atoms with Gasteiger partial charge in [-0.1, -0.05) is 19.4 Å². The highest BCUT2D eigenvalue weighted by Crippen LogP contribution is 2.31. The van der Waals surface area contributed by atoms with E-state index in [4.69, 9.17) is 0 Å². The standard InChI is InChI=1S/C15H18F2O/c1-2-10-4-6-15(18)12(7-10)8-11-3-5-13(16)14(17)9-11/h3,5,9-10,12H,2,4,6-8H2,1H3. The van der Waals surface area contributed by atoms with Crippen LogP contribution in [0.4, 0.5) is 8.78 Å². The molecule has 3 heteroatoms. The molecule has 0 aromatic heterocycles. The van der Waals surface area contributed by atoms with Gasteiger partial charge in [0, 0.05) is 12.3 Å². The second-order valence-electron chi connectivity index (χ2n) is 5.16. The number of carbonyl (C=O) groups excluding carboxylic acids is 1. The van der Waals surface area contributed by atoms with Gasteiger partial charge >= 0.3 is 0 Å². The first kappa shape index (κ1) is 13.2. The minimum Gasteiger partial charge on any atom is -0.299 e. The van der Waals surface area contributed by atoms with Crippen LogP contribution in [-0.2, 0) is 11.2 Å². The quantitative estimate of drug-likeness (QED) is 0.797. The molecule has 1 nitrogen and oxygen atoms in total. The second-order valence-corrected chi connectivity index (χ2v) is 5.16.